The lowest BCUT2D eigenvalue weighted by atomic mass is 9.93. The smallest absolute Gasteiger partial charge is 0.246 e. The van der Waals surface area contributed by atoms with E-state index in [2.05, 4.69) is 47.4 Å². The number of thioether (sulfide) groups is 1. The minimum atomic E-state index is -1.56. The topological polar surface area (TPSA) is 291 Å². The first-order chi connectivity index (χ1) is 44.7. The number of hydrogen-bond donors (Lipinski definition) is 6. The predicted molar refractivity (Wildman–Crippen MR) is 386 cm³/mol. The van der Waals surface area contributed by atoms with Crippen molar-refractivity contribution < 1.29 is 57.8 Å². The van der Waals surface area contributed by atoms with Gasteiger partial charge in [-0.1, -0.05) is 116 Å². The van der Waals surface area contributed by atoms with Crippen LogP contribution in [0.4, 0.5) is 0 Å². The molecule has 11 amide bonds. The Morgan fingerprint density at radius 3 is 1.46 bits per heavy atom. The minimum absolute atomic E-state index is 0.0458. The van der Waals surface area contributed by atoms with Gasteiger partial charge < -0.3 is 66.0 Å². The average Bonchev–Trinajstić information content (AvgIpc) is 0.826. The summed E-state index contributed by atoms with van der Waals surface area (Å²) in [6.45, 7) is 37.7. The zero-order chi connectivity index (χ0) is 75.1. The zero-order valence-electron chi connectivity index (χ0n) is 64.6. The summed E-state index contributed by atoms with van der Waals surface area (Å²) < 4.78 is 0. The van der Waals surface area contributed by atoms with Gasteiger partial charge in [-0.3, -0.25) is 52.7 Å². The second-order valence-corrected chi connectivity index (χ2v) is 32.3. The molecule has 24 nitrogen and oxygen atoms in total. The molecule has 6 N–H and O–H groups in total. The van der Waals surface area contributed by atoms with Gasteiger partial charge in [0.05, 0.1) is 5.60 Å². The van der Waals surface area contributed by atoms with Gasteiger partial charge in [0.25, 0.3) is 0 Å². The molecule has 1 rings (SSSR count). The Hall–Kier alpha value is -5.82. The molecule has 0 aromatic heterocycles. The number of nitrogens with one attached hydrogen (secondary N) is 5. The van der Waals surface area contributed by atoms with Crippen LogP contribution in [0.1, 0.15) is 196 Å². The Morgan fingerprint density at radius 2 is 0.979 bits per heavy atom. The van der Waals surface area contributed by atoms with Gasteiger partial charge in [0.1, 0.15) is 66.5 Å². The molecule has 0 unspecified atom stereocenters. The molecule has 558 valence electrons. The lowest BCUT2D eigenvalue weighted by molar-refractivity contribution is -0.156. The van der Waals surface area contributed by atoms with Gasteiger partial charge in [-0.15, -0.1) is 0 Å². The number of amides is 11. The summed E-state index contributed by atoms with van der Waals surface area (Å²) in [4.78, 5) is 174. The third-order valence-corrected chi connectivity index (χ3v) is 19.2. The second kappa shape index (κ2) is 41.1. The number of aliphatic hydroxyl groups is 1. The Morgan fingerprint density at radius 1 is 0.515 bits per heavy atom. The molecule has 0 bridgehead atoms. The molecule has 0 radical (unpaired) electrons. The van der Waals surface area contributed by atoms with Crippen LogP contribution < -0.4 is 26.6 Å². The van der Waals surface area contributed by atoms with E-state index >= 15 is 33.6 Å². The zero-order valence-corrected chi connectivity index (χ0v) is 65.5. The minimum Gasteiger partial charge on any atom is -0.390 e. The van der Waals surface area contributed by atoms with Crippen LogP contribution in [0.3, 0.4) is 0 Å². The van der Waals surface area contributed by atoms with Crippen molar-refractivity contribution in [1.82, 2.24) is 60.9 Å². The summed E-state index contributed by atoms with van der Waals surface area (Å²) in [6, 6.07) is -13.4. The van der Waals surface area contributed by atoms with Crippen LogP contribution in [0.5, 0.6) is 0 Å². The SMILES string of the molecule is C/C=C/C[C@@H](C)C[C@@H]1C(=O)N[C@H](CC)C(=O)N(C)[C@H](CSCCCNCC(C)(C)C)C(=O)N(C)[C@@H](CC(C)(C)O)C(=O)N[C@H](C(C)C)C(=O)N(C)[C@H](CCC(C)C)C(=O)N[C@H](C)C(=O)N[C@@H](C)C(=O)N(C)[C@@H](CC(C)C)C(=O)N(C)[C@H](CC(C)C)C(=O)N(C)[C@H](C(C)C)C(=O)N1C. The van der Waals surface area contributed by atoms with Crippen LogP contribution in [-0.4, -0.2) is 250 Å². The lowest BCUT2D eigenvalue weighted by Crippen LogP contribution is -2.62. The Bertz CT molecular complexity index is 2620. The lowest BCUT2D eigenvalue weighted by Gasteiger charge is -2.41. The van der Waals surface area contributed by atoms with E-state index in [0.29, 0.717) is 25.1 Å². The second-order valence-electron chi connectivity index (χ2n) is 31.1. The molecule has 97 heavy (non-hydrogen) atoms. The van der Waals surface area contributed by atoms with Crippen molar-refractivity contribution in [2.45, 2.75) is 268 Å². The molecule has 1 fully saturated rings. The maximum Gasteiger partial charge on any atom is 0.246 e. The van der Waals surface area contributed by atoms with Crippen LogP contribution in [-0.2, 0) is 52.7 Å². The highest BCUT2D eigenvalue weighted by Gasteiger charge is 2.45. The van der Waals surface area contributed by atoms with E-state index in [1.807, 2.05) is 67.5 Å². The van der Waals surface area contributed by atoms with Crippen LogP contribution in [0.15, 0.2) is 12.2 Å². The standard InChI is InChI=1S/C72H132N12O12S/c1-28-30-32-48(13)39-53-62(87)76-51(29-2)65(90)83(26)57(41-97-36-31-35-73-42-71(16,17)18)68(93)82(25)56(40-72(19,20)96)63(88)77-58(46(9)10)69(94)78(21)52(34-33-43(3)4)61(86)74-49(14)60(85)75-50(15)64(89)80(23)54(37-44(5)6)66(91)81(24)55(38-45(7)8)67(92)84(27)59(47(11)12)70(95)79(53)22/h28,30,43-59,73,96H,29,31-42H2,1-27H3,(H,74,86)(H,75,85)(H,76,87)(H,77,88)/b30-28+/t48-,49-,50+,51-,52-,53-,54+,55-,56+,57-,58-,59-/m1/s1. The highest BCUT2D eigenvalue weighted by Crippen LogP contribution is 2.27. The maximum atomic E-state index is 15.4. The van der Waals surface area contributed by atoms with E-state index in [1.54, 1.807) is 34.6 Å². The Labute approximate surface area is 588 Å². The summed E-state index contributed by atoms with van der Waals surface area (Å²) in [7, 11) is 10.3. The molecule has 0 aromatic rings. The number of hydrogen-bond acceptors (Lipinski definition) is 14. The fourth-order valence-corrected chi connectivity index (χ4v) is 13.1. The molecule has 12 atom stereocenters. The van der Waals surface area contributed by atoms with Gasteiger partial charge in [0, 0.05) is 61.5 Å². The summed E-state index contributed by atoms with van der Waals surface area (Å²) in [5.74, 6) is -7.99. The van der Waals surface area contributed by atoms with E-state index in [0.717, 1.165) is 13.0 Å². The van der Waals surface area contributed by atoms with Crippen molar-refractivity contribution in [2.75, 3.05) is 73.9 Å². The highest BCUT2D eigenvalue weighted by molar-refractivity contribution is 7.99. The number of carbonyl (C=O) groups excluding carboxylic acids is 11. The Balaban J connectivity index is 4.53. The van der Waals surface area contributed by atoms with Crippen LogP contribution in [0.25, 0.3) is 0 Å². The van der Waals surface area contributed by atoms with E-state index in [-0.39, 0.29) is 73.4 Å². The number of nitrogens with zero attached hydrogens (tertiary/aromatic N) is 7. The predicted octanol–water partition coefficient (Wildman–Crippen LogP) is 5.93. The number of allylic oxidation sites excluding steroid dienone is 2. The first kappa shape index (κ1) is 89.2. The van der Waals surface area contributed by atoms with Crippen molar-refractivity contribution in [3.63, 3.8) is 0 Å². The number of likely N-dealkylation sites (N-methyl/N-ethyl adjacent to an activating group) is 7. The quantitative estimate of drug-likeness (QED) is 0.0511. The molecule has 1 saturated heterocycles. The fourth-order valence-electron chi connectivity index (χ4n) is 12.0. The van der Waals surface area contributed by atoms with Gasteiger partial charge >= 0.3 is 0 Å². The van der Waals surface area contributed by atoms with E-state index in [4.69, 9.17) is 0 Å². The van der Waals surface area contributed by atoms with E-state index in [9.17, 15) is 24.3 Å². The van der Waals surface area contributed by atoms with Crippen LogP contribution in [0, 0.1) is 40.9 Å². The number of carbonyl (C=O) groups is 11. The molecular weight excluding hydrogens is 1260 g/mol. The summed E-state index contributed by atoms with van der Waals surface area (Å²) in [5, 5.41) is 26.2. The first-order valence-corrected chi connectivity index (χ1v) is 36.5. The van der Waals surface area contributed by atoms with Crippen molar-refractivity contribution in [1.29, 1.82) is 0 Å². The van der Waals surface area contributed by atoms with Gasteiger partial charge in [0.2, 0.25) is 65.0 Å². The summed E-state index contributed by atoms with van der Waals surface area (Å²) in [5.41, 5.74) is -1.52. The van der Waals surface area contributed by atoms with Crippen molar-refractivity contribution >= 4 is 76.7 Å². The molecule has 0 aromatic carbocycles. The summed E-state index contributed by atoms with van der Waals surface area (Å²) >= 11 is 1.43. The molecule has 1 aliphatic heterocycles. The van der Waals surface area contributed by atoms with Crippen molar-refractivity contribution in [3.05, 3.63) is 12.2 Å². The van der Waals surface area contributed by atoms with Crippen molar-refractivity contribution in [2.24, 2.45) is 40.9 Å². The third-order valence-electron chi connectivity index (χ3n) is 18.1. The third kappa shape index (κ3) is 28.4. The Kier molecular flexibility index (Phi) is 37.7. The van der Waals surface area contributed by atoms with Gasteiger partial charge in [-0.05, 0) is 146 Å². The van der Waals surface area contributed by atoms with E-state index in [1.165, 1.54) is 123 Å². The molecule has 1 heterocycles. The van der Waals surface area contributed by atoms with Crippen molar-refractivity contribution in [3.8, 4) is 0 Å². The monoisotopic (exact) mass is 1390 g/mol. The molecule has 0 aliphatic carbocycles. The molecule has 0 saturated carbocycles. The normalized spacial score (nSPS) is 25.8. The summed E-state index contributed by atoms with van der Waals surface area (Å²) in [6.07, 6.45) is 5.98. The average molecular weight is 1390 g/mol. The van der Waals surface area contributed by atoms with Crippen LogP contribution in [0.2, 0.25) is 0 Å². The van der Waals surface area contributed by atoms with Gasteiger partial charge in [0.15, 0.2) is 0 Å². The molecule has 0 spiro atoms. The number of rotatable bonds is 23. The van der Waals surface area contributed by atoms with E-state index < -0.39 is 149 Å². The highest BCUT2D eigenvalue weighted by atomic mass is 32.2. The molecule has 1 aliphatic rings. The molecule has 25 heteroatoms. The fraction of sp³-hybridized carbons (Fsp3) is 0.819. The van der Waals surface area contributed by atoms with Crippen LogP contribution >= 0.6 is 11.8 Å². The van der Waals surface area contributed by atoms with Gasteiger partial charge in [-0.2, -0.15) is 11.8 Å². The largest absolute Gasteiger partial charge is 0.390 e. The molecular formula is C72H132N12O12S. The maximum absolute atomic E-state index is 15.4. The first-order valence-electron chi connectivity index (χ1n) is 35.4. The van der Waals surface area contributed by atoms with Gasteiger partial charge in [-0.25, -0.2) is 0 Å².